The summed E-state index contributed by atoms with van der Waals surface area (Å²) in [6, 6.07) is 3.13. The van der Waals surface area contributed by atoms with Gasteiger partial charge in [0, 0.05) is 5.56 Å². The Morgan fingerprint density at radius 3 is 2.84 bits per heavy atom. The number of carbonyl (C=O) groups excluding carboxylic acids is 1. The van der Waals surface area contributed by atoms with E-state index in [0.717, 1.165) is 12.5 Å². The molecule has 0 radical (unpaired) electrons. The molecule has 0 fully saturated rings. The molecule has 0 heterocycles. The number of carbonyl (C=O) groups is 1. The molecule has 1 amide bonds. The van der Waals surface area contributed by atoms with Crippen molar-refractivity contribution in [2.75, 3.05) is 0 Å². The Balaban J connectivity index is 2.84. The predicted octanol–water partition coefficient (Wildman–Crippen LogP) is 2.12. The number of hydrogen-bond donors (Lipinski definition) is 3. The van der Waals surface area contributed by atoms with Crippen LogP contribution in [-0.2, 0) is 0 Å². The van der Waals surface area contributed by atoms with E-state index in [4.69, 9.17) is 22.5 Å². The molecule has 5 nitrogen and oxygen atoms in total. The fourth-order valence-electron chi connectivity index (χ4n) is 1.53. The summed E-state index contributed by atoms with van der Waals surface area (Å²) in [5.74, 6) is -1.28. The molecule has 0 bridgehead atoms. The van der Waals surface area contributed by atoms with Crippen LogP contribution in [0, 0.1) is 5.82 Å². The number of nitrogens with zero attached hydrogens (tertiary/aromatic N) is 1. The number of oxime groups is 1. The zero-order chi connectivity index (χ0) is 14.4. The van der Waals surface area contributed by atoms with Gasteiger partial charge in [0.2, 0.25) is 0 Å². The van der Waals surface area contributed by atoms with Crippen molar-refractivity contribution in [1.29, 1.82) is 0 Å². The molecule has 19 heavy (non-hydrogen) atoms. The molecule has 0 aliphatic heterocycles. The first-order valence-electron chi connectivity index (χ1n) is 5.73. The number of nitrogens with two attached hydrogens (primary N) is 1. The molecule has 1 rings (SSSR count). The van der Waals surface area contributed by atoms with Crippen molar-refractivity contribution < 1.29 is 14.4 Å². The predicted molar refractivity (Wildman–Crippen MR) is 71.0 cm³/mol. The second-order valence-corrected chi connectivity index (χ2v) is 4.38. The molecular weight excluding hydrogens is 273 g/mol. The van der Waals surface area contributed by atoms with Crippen LogP contribution in [0.2, 0.25) is 5.02 Å². The Labute approximate surface area is 115 Å². The van der Waals surface area contributed by atoms with Crippen molar-refractivity contribution in [3.05, 3.63) is 34.6 Å². The van der Waals surface area contributed by atoms with Crippen molar-refractivity contribution in [2.24, 2.45) is 10.9 Å². The van der Waals surface area contributed by atoms with Crippen molar-refractivity contribution in [3.63, 3.8) is 0 Å². The molecule has 1 aromatic rings. The number of nitrogens with one attached hydrogen (secondary N) is 1. The lowest BCUT2D eigenvalue weighted by molar-refractivity contribution is 0.0944. The van der Waals surface area contributed by atoms with Crippen LogP contribution >= 0.6 is 11.6 Å². The third-order valence-corrected chi connectivity index (χ3v) is 2.84. The van der Waals surface area contributed by atoms with Gasteiger partial charge in [0.15, 0.2) is 5.84 Å². The van der Waals surface area contributed by atoms with Crippen LogP contribution < -0.4 is 11.1 Å². The minimum Gasteiger partial charge on any atom is -0.409 e. The maximum atomic E-state index is 13.2. The molecule has 0 saturated heterocycles. The van der Waals surface area contributed by atoms with E-state index in [1.165, 1.54) is 12.1 Å². The molecule has 1 atom stereocenters. The van der Waals surface area contributed by atoms with Crippen LogP contribution in [0.4, 0.5) is 4.39 Å². The summed E-state index contributed by atoms with van der Waals surface area (Å²) in [7, 11) is 0. The van der Waals surface area contributed by atoms with E-state index in [-0.39, 0.29) is 16.4 Å². The number of benzene rings is 1. The van der Waals surface area contributed by atoms with E-state index in [0.29, 0.717) is 6.42 Å². The SMILES string of the molecule is CCCC(NC(=O)c1ccc(Cl)c(F)c1)/C(N)=N/O. The van der Waals surface area contributed by atoms with Crippen molar-refractivity contribution in [2.45, 2.75) is 25.8 Å². The summed E-state index contributed by atoms with van der Waals surface area (Å²) in [5, 5.41) is 14.0. The molecule has 104 valence electrons. The minimum atomic E-state index is -0.676. The second kappa shape index (κ2) is 6.94. The lowest BCUT2D eigenvalue weighted by Gasteiger charge is -2.16. The summed E-state index contributed by atoms with van der Waals surface area (Å²) < 4.78 is 13.2. The lowest BCUT2D eigenvalue weighted by Crippen LogP contribution is -2.44. The molecule has 1 aromatic carbocycles. The standard InChI is InChI=1S/C12H15ClFN3O2/c1-2-3-10(11(15)17-19)16-12(18)7-4-5-8(13)9(14)6-7/h4-6,10,19H,2-3H2,1H3,(H2,15,17)(H,16,18). The second-order valence-electron chi connectivity index (χ2n) is 3.97. The van der Waals surface area contributed by atoms with Crippen LogP contribution in [0.15, 0.2) is 23.4 Å². The molecule has 0 aromatic heterocycles. The topological polar surface area (TPSA) is 87.7 Å². The first kappa shape index (κ1) is 15.2. The third-order valence-electron chi connectivity index (χ3n) is 2.54. The van der Waals surface area contributed by atoms with E-state index in [2.05, 4.69) is 10.5 Å². The lowest BCUT2D eigenvalue weighted by atomic mass is 10.1. The Morgan fingerprint density at radius 2 is 2.32 bits per heavy atom. The highest BCUT2D eigenvalue weighted by molar-refractivity contribution is 6.30. The highest BCUT2D eigenvalue weighted by Gasteiger charge is 2.17. The van der Waals surface area contributed by atoms with Crippen molar-refractivity contribution in [1.82, 2.24) is 5.32 Å². The van der Waals surface area contributed by atoms with Crippen LogP contribution in [0.5, 0.6) is 0 Å². The Morgan fingerprint density at radius 1 is 1.63 bits per heavy atom. The van der Waals surface area contributed by atoms with E-state index < -0.39 is 17.8 Å². The Hall–Kier alpha value is -1.82. The van der Waals surface area contributed by atoms with Gasteiger partial charge in [-0.25, -0.2) is 4.39 Å². The molecule has 0 saturated carbocycles. The summed E-state index contributed by atoms with van der Waals surface area (Å²) in [4.78, 5) is 11.9. The van der Waals surface area contributed by atoms with Gasteiger partial charge in [-0.05, 0) is 24.6 Å². The van der Waals surface area contributed by atoms with E-state index >= 15 is 0 Å². The molecule has 7 heteroatoms. The van der Waals surface area contributed by atoms with E-state index in [1.807, 2.05) is 6.92 Å². The average molecular weight is 288 g/mol. The van der Waals surface area contributed by atoms with Crippen LogP contribution in [0.3, 0.4) is 0 Å². The molecular formula is C12H15ClFN3O2. The van der Waals surface area contributed by atoms with Crippen LogP contribution in [0.1, 0.15) is 30.1 Å². The zero-order valence-electron chi connectivity index (χ0n) is 10.4. The summed E-state index contributed by atoms with van der Waals surface area (Å²) in [5.41, 5.74) is 5.59. The summed E-state index contributed by atoms with van der Waals surface area (Å²) in [6.45, 7) is 1.89. The van der Waals surface area contributed by atoms with Gasteiger partial charge < -0.3 is 16.3 Å². The van der Waals surface area contributed by atoms with Gasteiger partial charge in [-0.3, -0.25) is 4.79 Å². The summed E-state index contributed by atoms with van der Waals surface area (Å²) in [6.07, 6.45) is 1.24. The first-order valence-corrected chi connectivity index (χ1v) is 6.10. The molecule has 0 spiro atoms. The van der Waals surface area contributed by atoms with Gasteiger partial charge in [-0.1, -0.05) is 30.1 Å². The molecule has 0 aliphatic rings. The van der Waals surface area contributed by atoms with E-state index in [1.54, 1.807) is 0 Å². The van der Waals surface area contributed by atoms with Crippen LogP contribution in [-0.4, -0.2) is 23.0 Å². The van der Waals surface area contributed by atoms with Gasteiger partial charge >= 0.3 is 0 Å². The monoisotopic (exact) mass is 287 g/mol. The smallest absolute Gasteiger partial charge is 0.251 e. The largest absolute Gasteiger partial charge is 0.409 e. The molecule has 4 N–H and O–H groups in total. The van der Waals surface area contributed by atoms with Gasteiger partial charge in [-0.2, -0.15) is 0 Å². The highest BCUT2D eigenvalue weighted by atomic mass is 35.5. The van der Waals surface area contributed by atoms with Gasteiger partial charge in [0.05, 0.1) is 11.1 Å². The Bertz CT molecular complexity index is 494. The number of amidine groups is 1. The number of amides is 1. The van der Waals surface area contributed by atoms with Gasteiger partial charge in [0.25, 0.3) is 5.91 Å². The summed E-state index contributed by atoms with van der Waals surface area (Å²) >= 11 is 5.53. The third kappa shape index (κ3) is 4.10. The minimum absolute atomic E-state index is 0.0573. The van der Waals surface area contributed by atoms with E-state index in [9.17, 15) is 9.18 Å². The maximum absolute atomic E-state index is 13.2. The zero-order valence-corrected chi connectivity index (χ0v) is 11.1. The van der Waals surface area contributed by atoms with Gasteiger partial charge in [-0.15, -0.1) is 0 Å². The molecule has 1 unspecified atom stereocenters. The highest BCUT2D eigenvalue weighted by Crippen LogP contribution is 2.15. The maximum Gasteiger partial charge on any atom is 0.251 e. The number of halogens is 2. The fraction of sp³-hybridized carbons (Fsp3) is 0.333. The van der Waals surface area contributed by atoms with Crippen LogP contribution in [0.25, 0.3) is 0 Å². The average Bonchev–Trinajstić information content (AvgIpc) is 2.40. The Kier molecular flexibility index (Phi) is 5.57. The fourth-order valence-corrected chi connectivity index (χ4v) is 1.65. The van der Waals surface area contributed by atoms with Crippen molar-refractivity contribution in [3.8, 4) is 0 Å². The number of rotatable bonds is 5. The van der Waals surface area contributed by atoms with Gasteiger partial charge in [0.1, 0.15) is 5.82 Å². The number of hydrogen-bond acceptors (Lipinski definition) is 3. The normalized spacial score (nSPS) is 13.1. The van der Waals surface area contributed by atoms with Crippen molar-refractivity contribution >= 4 is 23.3 Å². The molecule has 0 aliphatic carbocycles. The quantitative estimate of drug-likeness (QED) is 0.335. The first-order chi connectivity index (χ1) is 8.99.